The van der Waals surface area contributed by atoms with E-state index in [1.54, 1.807) is 0 Å². The first kappa shape index (κ1) is 13.6. The summed E-state index contributed by atoms with van der Waals surface area (Å²) in [4.78, 5) is 0. The molecule has 2 rings (SSSR count). The first-order valence-corrected chi connectivity index (χ1v) is 7.14. The fraction of sp³-hybridized carbons (Fsp3) is 0.625. The number of rotatable bonds is 4. The fourth-order valence-corrected chi connectivity index (χ4v) is 2.68. The predicted molar refractivity (Wildman–Crippen MR) is 75.8 cm³/mol. The maximum atomic E-state index is 10.3. The Kier molecular flexibility index (Phi) is 4.79. The lowest BCUT2D eigenvalue weighted by molar-refractivity contribution is 0.0890. The number of hydrogen-bond donors (Lipinski definition) is 2. The highest BCUT2D eigenvalue weighted by Crippen LogP contribution is 2.21. The van der Waals surface area contributed by atoms with Gasteiger partial charge >= 0.3 is 0 Å². The lowest BCUT2D eigenvalue weighted by Crippen LogP contribution is -2.34. The Bertz CT molecular complexity index is 352. The number of hydrogen-bond acceptors (Lipinski definition) is 2. The van der Waals surface area contributed by atoms with Crippen LogP contribution in [0.2, 0.25) is 0 Å². The van der Waals surface area contributed by atoms with E-state index in [9.17, 15) is 5.11 Å². The van der Waals surface area contributed by atoms with Crippen LogP contribution in [0.25, 0.3) is 0 Å². The molecular weight excluding hydrogens is 222 g/mol. The Labute approximate surface area is 110 Å². The van der Waals surface area contributed by atoms with E-state index < -0.39 is 0 Å². The van der Waals surface area contributed by atoms with Crippen LogP contribution >= 0.6 is 0 Å². The van der Waals surface area contributed by atoms with Crippen molar-refractivity contribution >= 4 is 0 Å². The molecule has 0 aromatic heterocycles. The molecule has 2 nitrogen and oxygen atoms in total. The van der Waals surface area contributed by atoms with Crippen molar-refractivity contribution in [2.75, 3.05) is 13.1 Å². The molecule has 0 saturated carbocycles. The summed E-state index contributed by atoms with van der Waals surface area (Å²) in [5.74, 6) is 1.05. The predicted octanol–water partition coefficient (Wildman–Crippen LogP) is 2.71. The zero-order chi connectivity index (χ0) is 13.0. The summed E-state index contributed by atoms with van der Waals surface area (Å²) in [6, 6.07) is 8.71. The number of benzene rings is 1. The summed E-state index contributed by atoms with van der Waals surface area (Å²) >= 11 is 0. The average molecular weight is 247 g/mol. The molecule has 2 heteroatoms. The molecule has 0 radical (unpaired) electrons. The molecule has 1 fully saturated rings. The molecule has 1 atom stereocenters. The summed E-state index contributed by atoms with van der Waals surface area (Å²) in [5.41, 5.74) is 2.63. The van der Waals surface area contributed by atoms with Gasteiger partial charge in [-0.2, -0.15) is 0 Å². The van der Waals surface area contributed by atoms with Gasteiger partial charge in [0.1, 0.15) is 0 Å². The number of aliphatic hydroxyl groups is 1. The Morgan fingerprint density at radius 3 is 2.33 bits per heavy atom. The second-order valence-corrected chi connectivity index (χ2v) is 5.76. The van der Waals surface area contributed by atoms with Crippen LogP contribution in [0.5, 0.6) is 0 Å². The van der Waals surface area contributed by atoms with Crippen LogP contribution in [0.4, 0.5) is 0 Å². The smallest absolute Gasteiger partial charge is 0.0609 e. The first-order valence-electron chi connectivity index (χ1n) is 7.14. The third-order valence-corrected chi connectivity index (χ3v) is 4.02. The number of aliphatic hydroxyl groups excluding tert-OH is 1. The van der Waals surface area contributed by atoms with Gasteiger partial charge in [0.05, 0.1) is 6.10 Å². The Morgan fingerprint density at radius 2 is 1.78 bits per heavy atom. The minimum atomic E-state index is -0.183. The van der Waals surface area contributed by atoms with E-state index in [1.165, 1.54) is 11.1 Å². The molecular formula is C16H25NO. The third-order valence-electron chi connectivity index (χ3n) is 4.02. The van der Waals surface area contributed by atoms with Crippen LogP contribution in [0.15, 0.2) is 24.3 Å². The van der Waals surface area contributed by atoms with Crippen LogP contribution in [0.3, 0.4) is 0 Å². The summed E-state index contributed by atoms with van der Waals surface area (Å²) in [6.45, 7) is 6.51. The highest BCUT2D eigenvalue weighted by molar-refractivity contribution is 5.25. The van der Waals surface area contributed by atoms with Crippen LogP contribution < -0.4 is 5.32 Å². The normalized spacial score (nSPS) is 19.1. The molecule has 1 saturated heterocycles. The van der Waals surface area contributed by atoms with E-state index in [-0.39, 0.29) is 6.10 Å². The molecule has 1 aromatic carbocycles. The zero-order valence-electron chi connectivity index (χ0n) is 11.5. The first-order chi connectivity index (χ1) is 8.66. The van der Waals surface area contributed by atoms with Crippen LogP contribution in [0.1, 0.15) is 43.7 Å². The van der Waals surface area contributed by atoms with E-state index in [2.05, 4.69) is 43.4 Å². The van der Waals surface area contributed by atoms with Gasteiger partial charge in [0.2, 0.25) is 0 Å². The van der Waals surface area contributed by atoms with Crippen molar-refractivity contribution in [1.82, 2.24) is 5.32 Å². The van der Waals surface area contributed by atoms with Gasteiger partial charge in [0.15, 0.2) is 0 Å². The van der Waals surface area contributed by atoms with Gasteiger partial charge in [-0.05, 0) is 55.3 Å². The van der Waals surface area contributed by atoms with E-state index in [0.717, 1.165) is 32.4 Å². The summed E-state index contributed by atoms with van der Waals surface area (Å²) in [6.07, 6.45) is 2.82. The minimum Gasteiger partial charge on any atom is -0.392 e. The van der Waals surface area contributed by atoms with Crippen LogP contribution in [-0.2, 0) is 6.42 Å². The molecule has 1 aliphatic rings. The Morgan fingerprint density at radius 1 is 1.17 bits per heavy atom. The van der Waals surface area contributed by atoms with Gasteiger partial charge in [0, 0.05) is 0 Å². The Balaban J connectivity index is 1.91. The molecule has 2 N–H and O–H groups in total. The lowest BCUT2D eigenvalue weighted by Gasteiger charge is -2.27. The molecule has 100 valence electrons. The van der Waals surface area contributed by atoms with Gasteiger partial charge in [-0.3, -0.25) is 0 Å². The monoisotopic (exact) mass is 247 g/mol. The van der Waals surface area contributed by atoms with E-state index in [4.69, 9.17) is 0 Å². The van der Waals surface area contributed by atoms with Crippen LogP contribution in [-0.4, -0.2) is 24.3 Å². The maximum absolute atomic E-state index is 10.3. The van der Waals surface area contributed by atoms with E-state index in [0.29, 0.717) is 11.8 Å². The van der Waals surface area contributed by atoms with E-state index >= 15 is 0 Å². The summed E-state index contributed by atoms with van der Waals surface area (Å²) in [7, 11) is 0. The van der Waals surface area contributed by atoms with Crippen LogP contribution in [0, 0.1) is 5.92 Å². The van der Waals surface area contributed by atoms with Crippen molar-refractivity contribution in [2.45, 2.75) is 45.1 Å². The maximum Gasteiger partial charge on any atom is 0.0609 e. The molecule has 0 spiro atoms. The zero-order valence-corrected chi connectivity index (χ0v) is 11.5. The molecule has 1 heterocycles. The molecule has 1 aromatic rings. The fourth-order valence-electron chi connectivity index (χ4n) is 2.68. The van der Waals surface area contributed by atoms with Gasteiger partial charge in [0.25, 0.3) is 0 Å². The van der Waals surface area contributed by atoms with Gasteiger partial charge < -0.3 is 10.4 Å². The van der Waals surface area contributed by atoms with Gasteiger partial charge in [-0.1, -0.05) is 38.1 Å². The number of nitrogens with one attached hydrogen (secondary N) is 1. The SMILES string of the molecule is CC(C)c1ccc(CC(O)C2CCNCC2)cc1. The minimum absolute atomic E-state index is 0.183. The second-order valence-electron chi connectivity index (χ2n) is 5.76. The molecule has 0 bridgehead atoms. The molecule has 1 unspecified atom stereocenters. The van der Waals surface area contributed by atoms with Crippen molar-refractivity contribution in [3.63, 3.8) is 0 Å². The molecule has 0 aliphatic carbocycles. The Hall–Kier alpha value is -0.860. The van der Waals surface area contributed by atoms with Crippen molar-refractivity contribution in [2.24, 2.45) is 5.92 Å². The van der Waals surface area contributed by atoms with Gasteiger partial charge in [-0.15, -0.1) is 0 Å². The highest BCUT2D eigenvalue weighted by Gasteiger charge is 2.21. The van der Waals surface area contributed by atoms with Crippen molar-refractivity contribution in [3.05, 3.63) is 35.4 Å². The van der Waals surface area contributed by atoms with Crippen molar-refractivity contribution < 1.29 is 5.11 Å². The molecule has 18 heavy (non-hydrogen) atoms. The topological polar surface area (TPSA) is 32.3 Å². The summed E-state index contributed by atoms with van der Waals surface area (Å²) < 4.78 is 0. The standard InChI is InChI=1S/C16H25NO/c1-12(2)14-5-3-13(4-6-14)11-16(18)15-7-9-17-10-8-15/h3-6,12,15-18H,7-11H2,1-2H3. The molecule has 1 aliphatic heterocycles. The van der Waals surface area contributed by atoms with Crippen molar-refractivity contribution in [3.8, 4) is 0 Å². The molecule has 0 amide bonds. The van der Waals surface area contributed by atoms with E-state index in [1.807, 2.05) is 0 Å². The van der Waals surface area contributed by atoms with Gasteiger partial charge in [-0.25, -0.2) is 0 Å². The van der Waals surface area contributed by atoms with Crippen molar-refractivity contribution in [1.29, 1.82) is 0 Å². The lowest BCUT2D eigenvalue weighted by atomic mass is 9.88. The summed E-state index contributed by atoms with van der Waals surface area (Å²) in [5, 5.41) is 13.6. The highest BCUT2D eigenvalue weighted by atomic mass is 16.3. The largest absolute Gasteiger partial charge is 0.392 e. The second kappa shape index (κ2) is 6.35. The quantitative estimate of drug-likeness (QED) is 0.857. The third kappa shape index (κ3) is 3.56. The average Bonchev–Trinajstić information content (AvgIpc) is 2.40. The number of piperidine rings is 1.